The molecule has 0 saturated carbocycles. The molecule has 6 heteroatoms. The first-order valence-corrected chi connectivity index (χ1v) is 10.1. The van der Waals surface area contributed by atoms with Crippen LogP contribution < -0.4 is 16.1 Å². The maximum Gasteiger partial charge on any atom is 0.229 e. The van der Waals surface area contributed by atoms with Gasteiger partial charge >= 0.3 is 0 Å². The zero-order valence-corrected chi connectivity index (χ0v) is 17.9. The van der Waals surface area contributed by atoms with Crippen molar-refractivity contribution < 1.29 is 13.9 Å². The fourth-order valence-corrected chi connectivity index (χ4v) is 2.93. The summed E-state index contributed by atoms with van der Waals surface area (Å²) in [6.45, 7) is 9.50. The highest BCUT2D eigenvalue weighted by Gasteiger charge is 2.22. The molecule has 158 valence electrons. The Labute approximate surface area is 176 Å². The van der Waals surface area contributed by atoms with Crippen LogP contribution >= 0.6 is 0 Å². The summed E-state index contributed by atoms with van der Waals surface area (Å²) in [4.78, 5) is 25.2. The molecule has 3 rings (SSSR count). The number of rotatable bonds is 7. The van der Waals surface area contributed by atoms with Gasteiger partial charge in [-0.2, -0.15) is 0 Å². The molecule has 0 unspecified atom stereocenters. The summed E-state index contributed by atoms with van der Waals surface area (Å²) < 4.78 is 11.3. The molecule has 0 atom stereocenters. The van der Waals surface area contributed by atoms with Crippen LogP contribution in [0.1, 0.15) is 27.7 Å². The van der Waals surface area contributed by atoms with Crippen LogP contribution in [0.25, 0.3) is 22.3 Å². The summed E-state index contributed by atoms with van der Waals surface area (Å²) in [5.41, 5.74) is 1.89. The van der Waals surface area contributed by atoms with Gasteiger partial charge in [0.1, 0.15) is 11.3 Å². The second-order valence-electron chi connectivity index (χ2n) is 8.06. The van der Waals surface area contributed by atoms with Crippen LogP contribution in [0.5, 0.6) is 0 Å². The lowest BCUT2D eigenvalue weighted by Gasteiger charge is -2.18. The average molecular weight is 408 g/mol. The molecule has 0 spiro atoms. The zero-order valence-electron chi connectivity index (χ0n) is 17.9. The molecule has 0 aliphatic rings. The largest absolute Gasteiger partial charge is 0.456 e. The van der Waals surface area contributed by atoms with Gasteiger partial charge in [-0.1, -0.05) is 26.8 Å². The zero-order chi connectivity index (χ0) is 21.7. The number of fused-ring (bicyclic) bond motifs is 1. The molecular weight excluding hydrogens is 380 g/mol. The summed E-state index contributed by atoms with van der Waals surface area (Å²) in [7, 11) is 0. The number of ether oxygens (including phenoxy) is 1. The molecule has 0 saturated heterocycles. The Morgan fingerprint density at radius 2 is 1.83 bits per heavy atom. The molecule has 0 aliphatic heterocycles. The van der Waals surface area contributed by atoms with Crippen LogP contribution in [-0.4, -0.2) is 25.7 Å². The quantitative estimate of drug-likeness (QED) is 0.544. The lowest BCUT2D eigenvalue weighted by atomic mass is 9.95. The highest BCUT2D eigenvalue weighted by Crippen LogP contribution is 2.28. The molecule has 2 aromatic carbocycles. The minimum atomic E-state index is -0.569. The summed E-state index contributed by atoms with van der Waals surface area (Å²) in [5.74, 6) is 0.318. The second-order valence-corrected chi connectivity index (χ2v) is 8.06. The van der Waals surface area contributed by atoms with Crippen LogP contribution in [0.3, 0.4) is 0 Å². The predicted molar refractivity (Wildman–Crippen MR) is 121 cm³/mol. The van der Waals surface area contributed by atoms with Gasteiger partial charge in [0.25, 0.3) is 0 Å². The van der Waals surface area contributed by atoms with Gasteiger partial charge in [0.05, 0.1) is 17.7 Å². The van der Waals surface area contributed by atoms with Gasteiger partial charge in [0, 0.05) is 35.9 Å². The monoisotopic (exact) mass is 408 g/mol. The van der Waals surface area contributed by atoms with Crippen molar-refractivity contribution in [2.75, 3.05) is 30.4 Å². The van der Waals surface area contributed by atoms with Gasteiger partial charge in [-0.25, -0.2) is 0 Å². The molecule has 30 heavy (non-hydrogen) atoms. The molecule has 0 radical (unpaired) electrons. The molecule has 1 heterocycles. The van der Waals surface area contributed by atoms with Gasteiger partial charge in [0.15, 0.2) is 5.43 Å². The third kappa shape index (κ3) is 5.07. The molecule has 0 fully saturated rings. The fourth-order valence-electron chi connectivity index (χ4n) is 2.93. The van der Waals surface area contributed by atoms with Crippen molar-refractivity contribution in [3.05, 3.63) is 58.8 Å². The van der Waals surface area contributed by atoms with E-state index in [1.807, 2.05) is 52.0 Å². The topological polar surface area (TPSA) is 80.6 Å². The van der Waals surface area contributed by atoms with Crippen molar-refractivity contribution in [3.8, 4) is 11.3 Å². The standard InChI is InChI=1S/C24H28N2O4/c1-5-29-14-13-25-17-11-9-16(10-12-17)21-15-19(27)22-18(7-6-8-20(22)30-21)26-23(28)24(2,3)4/h6-12,15,25H,5,13-14H2,1-4H3,(H,26,28). The number of hydrogen-bond acceptors (Lipinski definition) is 5. The van der Waals surface area contributed by atoms with Crippen LogP contribution in [0.15, 0.2) is 57.7 Å². The predicted octanol–water partition coefficient (Wildman–Crippen LogP) is 4.89. The lowest BCUT2D eigenvalue weighted by molar-refractivity contribution is -0.123. The molecule has 6 nitrogen and oxygen atoms in total. The van der Waals surface area contributed by atoms with Crippen molar-refractivity contribution in [3.63, 3.8) is 0 Å². The van der Waals surface area contributed by atoms with Crippen LogP contribution in [0.2, 0.25) is 0 Å². The van der Waals surface area contributed by atoms with Crippen LogP contribution in [-0.2, 0) is 9.53 Å². The summed E-state index contributed by atoms with van der Waals surface area (Å²) >= 11 is 0. The molecule has 1 amide bonds. The van der Waals surface area contributed by atoms with Gasteiger partial charge < -0.3 is 19.8 Å². The van der Waals surface area contributed by atoms with Crippen molar-refractivity contribution in [1.29, 1.82) is 0 Å². The van der Waals surface area contributed by atoms with Gasteiger partial charge in [-0.3, -0.25) is 9.59 Å². The number of nitrogens with one attached hydrogen (secondary N) is 2. The van der Waals surface area contributed by atoms with E-state index in [1.54, 1.807) is 18.2 Å². The van der Waals surface area contributed by atoms with Crippen molar-refractivity contribution in [2.24, 2.45) is 5.41 Å². The number of anilines is 2. The van der Waals surface area contributed by atoms with E-state index in [1.165, 1.54) is 6.07 Å². The van der Waals surface area contributed by atoms with E-state index in [0.29, 0.717) is 35.6 Å². The summed E-state index contributed by atoms with van der Waals surface area (Å²) in [6.07, 6.45) is 0. The molecule has 0 aliphatic carbocycles. The van der Waals surface area contributed by atoms with Crippen molar-refractivity contribution in [1.82, 2.24) is 0 Å². The molecule has 1 aromatic heterocycles. The first-order chi connectivity index (χ1) is 14.3. The normalized spacial score (nSPS) is 11.5. The van der Waals surface area contributed by atoms with E-state index in [2.05, 4.69) is 10.6 Å². The van der Waals surface area contributed by atoms with E-state index in [-0.39, 0.29) is 11.3 Å². The number of hydrogen-bond donors (Lipinski definition) is 2. The number of amides is 1. The fraction of sp³-hybridized carbons (Fsp3) is 0.333. The third-order valence-electron chi connectivity index (χ3n) is 4.63. The van der Waals surface area contributed by atoms with Crippen LogP contribution in [0.4, 0.5) is 11.4 Å². The highest BCUT2D eigenvalue weighted by molar-refractivity contribution is 6.02. The lowest BCUT2D eigenvalue weighted by Crippen LogP contribution is -2.28. The SMILES string of the molecule is CCOCCNc1ccc(-c2cc(=O)c3c(NC(=O)C(C)(C)C)cccc3o2)cc1. The Balaban J connectivity index is 1.87. The Morgan fingerprint density at radius 1 is 1.10 bits per heavy atom. The maximum atomic E-state index is 12.9. The smallest absolute Gasteiger partial charge is 0.229 e. The Kier molecular flexibility index (Phi) is 6.57. The van der Waals surface area contributed by atoms with E-state index < -0.39 is 5.41 Å². The Morgan fingerprint density at radius 3 is 2.50 bits per heavy atom. The number of benzene rings is 2. The molecule has 0 bridgehead atoms. The summed E-state index contributed by atoms with van der Waals surface area (Å²) in [5, 5.41) is 6.49. The van der Waals surface area contributed by atoms with E-state index >= 15 is 0 Å². The van der Waals surface area contributed by atoms with Gasteiger partial charge in [-0.15, -0.1) is 0 Å². The average Bonchev–Trinajstić information content (AvgIpc) is 2.71. The number of carbonyl (C=O) groups is 1. The Hall–Kier alpha value is -3.12. The Bertz CT molecular complexity index is 1080. The third-order valence-corrected chi connectivity index (χ3v) is 4.63. The maximum absolute atomic E-state index is 12.9. The van der Waals surface area contributed by atoms with Gasteiger partial charge in [-0.05, 0) is 43.3 Å². The van der Waals surface area contributed by atoms with E-state index in [0.717, 1.165) is 17.8 Å². The van der Waals surface area contributed by atoms with Crippen LogP contribution in [0, 0.1) is 5.41 Å². The minimum Gasteiger partial charge on any atom is -0.456 e. The molecule has 3 aromatic rings. The molecular formula is C24H28N2O4. The van der Waals surface area contributed by atoms with Crippen molar-refractivity contribution >= 4 is 28.3 Å². The van der Waals surface area contributed by atoms with Gasteiger partial charge in [0.2, 0.25) is 5.91 Å². The second kappa shape index (κ2) is 9.13. The molecule has 2 N–H and O–H groups in total. The van der Waals surface area contributed by atoms with Crippen molar-refractivity contribution in [2.45, 2.75) is 27.7 Å². The van der Waals surface area contributed by atoms with E-state index in [9.17, 15) is 9.59 Å². The van der Waals surface area contributed by atoms with E-state index in [4.69, 9.17) is 9.15 Å². The number of carbonyl (C=O) groups excluding carboxylic acids is 1. The highest BCUT2D eigenvalue weighted by atomic mass is 16.5. The first kappa shape index (κ1) is 21.6. The minimum absolute atomic E-state index is 0.161. The summed E-state index contributed by atoms with van der Waals surface area (Å²) in [6, 6.07) is 14.3. The first-order valence-electron chi connectivity index (χ1n) is 10.1.